The molecule has 1 unspecified atom stereocenters. The number of nitrogens with zero attached hydrogens (tertiary/aromatic N) is 1. The summed E-state index contributed by atoms with van der Waals surface area (Å²) in [5.74, 6) is 0.893. The molecule has 1 aliphatic heterocycles. The predicted molar refractivity (Wildman–Crippen MR) is 85.2 cm³/mol. The molecule has 2 rings (SSSR count). The second-order valence-electron chi connectivity index (χ2n) is 5.15. The highest BCUT2D eigenvalue weighted by atomic mass is 35.5. The van der Waals surface area contributed by atoms with Gasteiger partial charge in [-0.25, -0.2) is 0 Å². The van der Waals surface area contributed by atoms with E-state index in [0.717, 1.165) is 25.9 Å². The lowest BCUT2D eigenvalue weighted by Crippen LogP contribution is -2.31. The first-order valence-corrected chi connectivity index (χ1v) is 7.90. The van der Waals surface area contributed by atoms with Crippen molar-refractivity contribution in [1.29, 1.82) is 0 Å². The van der Waals surface area contributed by atoms with Gasteiger partial charge in [0.05, 0.1) is 16.6 Å². The zero-order chi connectivity index (χ0) is 15.2. The van der Waals surface area contributed by atoms with Crippen molar-refractivity contribution in [2.45, 2.75) is 25.4 Å². The third-order valence-electron chi connectivity index (χ3n) is 3.51. The highest BCUT2D eigenvalue weighted by Crippen LogP contribution is 2.28. The Kier molecular flexibility index (Phi) is 6.15. The number of carbonyl (C=O) groups excluding carboxylic acids is 1. The summed E-state index contributed by atoms with van der Waals surface area (Å²) in [6.07, 6.45) is 2.32. The van der Waals surface area contributed by atoms with Crippen LogP contribution in [0.1, 0.15) is 19.3 Å². The fraction of sp³-hybridized carbons (Fsp3) is 0.533. The van der Waals surface area contributed by atoms with Crippen LogP contribution in [0.3, 0.4) is 0 Å². The SMILES string of the molecule is CNCCCC(=O)N1CCC(Oc2ccc(Cl)c(Cl)c2)C1. The maximum atomic E-state index is 12.0. The second-order valence-corrected chi connectivity index (χ2v) is 5.97. The Balaban J connectivity index is 1.82. The van der Waals surface area contributed by atoms with E-state index in [1.165, 1.54) is 0 Å². The van der Waals surface area contributed by atoms with E-state index in [0.29, 0.717) is 28.8 Å². The molecule has 1 aromatic carbocycles. The Morgan fingerprint density at radius 3 is 2.95 bits per heavy atom. The van der Waals surface area contributed by atoms with Gasteiger partial charge in [-0.15, -0.1) is 0 Å². The summed E-state index contributed by atoms with van der Waals surface area (Å²) in [5, 5.41) is 4.04. The van der Waals surface area contributed by atoms with Crippen LogP contribution in [0.25, 0.3) is 0 Å². The molecule has 1 heterocycles. The number of halogens is 2. The number of carbonyl (C=O) groups is 1. The third kappa shape index (κ3) is 4.77. The molecule has 1 N–H and O–H groups in total. The molecule has 6 heteroatoms. The number of benzene rings is 1. The fourth-order valence-corrected chi connectivity index (χ4v) is 2.66. The summed E-state index contributed by atoms with van der Waals surface area (Å²) in [7, 11) is 1.89. The van der Waals surface area contributed by atoms with Crippen molar-refractivity contribution in [3.63, 3.8) is 0 Å². The van der Waals surface area contributed by atoms with Crippen molar-refractivity contribution in [3.8, 4) is 5.75 Å². The quantitative estimate of drug-likeness (QED) is 0.815. The lowest BCUT2D eigenvalue weighted by atomic mass is 10.3. The average Bonchev–Trinajstić information content (AvgIpc) is 2.92. The predicted octanol–water partition coefficient (Wildman–Crippen LogP) is 2.97. The molecule has 1 aromatic rings. The first-order chi connectivity index (χ1) is 10.1. The summed E-state index contributed by atoms with van der Waals surface area (Å²) in [5.41, 5.74) is 0. The van der Waals surface area contributed by atoms with Gasteiger partial charge in [-0.3, -0.25) is 4.79 Å². The van der Waals surface area contributed by atoms with Crippen LogP contribution in [0, 0.1) is 0 Å². The van der Waals surface area contributed by atoms with Gasteiger partial charge in [0.15, 0.2) is 0 Å². The zero-order valence-electron chi connectivity index (χ0n) is 12.1. The van der Waals surface area contributed by atoms with Crippen molar-refractivity contribution in [2.75, 3.05) is 26.7 Å². The van der Waals surface area contributed by atoms with E-state index in [1.54, 1.807) is 18.2 Å². The van der Waals surface area contributed by atoms with Crippen molar-refractivity contribution >= 4 is 29.1 Å². The van der Waals surface area contributed by atoms with Crippen LogP contribution in [0.2, 0.25) is 10.0 Å². The molecule has 21 heavy (non-hydrogen) atoms. The van der Waals surface area contributed by atoms with E-state index in [9.17, 15) is 4.79 Å². The van der Waals surface area contributed by atoms with Gasteiger partial charge in [-0.2, -0.15) is 0 Å². The van der Waals surface area contributed by atoms with Gasteiger partial charge in [0.1, 0.15) is 11.9 Å². The van der Waals surface area contributed by atoms with Gasteiger partial charge in [0.2, 0.25) is 5.91 Å². The maximum Gasteiger partial charge on any atom is 0.222 e. The van der Waals surface area contributed by atoms with E-state index < -0.39 is 0 Å². The molecule has 0 aromatic heterocycles. The minimum absolute atomic E-state index is 0.0236. The van der Waals surface area contributed by atoms with Crippen LogP contribution >= 0.6 is 23.2 Å². The van der Waals surface area contributed by atoms with E-state index in [1.807, 2.05) is 11.9 Å². The number of ether oxygens (including phenoxy) is 1. The summed E-state index contributed by atoms with van der Waals surface area (Å²) in [6.45, 7) is 2.26. The minimum Gasteiger partial charge on any atom is -0.488 e. The lowest BCUT2D eigenvalue weighted by Gasteiger charge is -2.17. The van der Waals surface area contributed by atoms with Crippen molar-refractivity contribution in [2.24, 2.45) is 0 Å². The minimum atomic E-state index is 0.0236. The molecule has 0 bridgehead atoms. The molecule has 0 saturated carbocycles. The Morgan fingerprint density at radius 2 is 2.24 bits per heavy atom. The van der Waals surface area contributed by atoms with E-state index in [4.69, 9.17) is 27.9 Å². The third-order valence-corrected chi connectivity index (χ3v) is 4.25. The number of rotatable bonds is 6. The number of likely N-dealkylation sites (tertiary alicyclic amines) is 1. The summed E-state index contributed by atoms with van der Waals surface area (Å²) < 4.78 is 5.87. The smallest absolute Gasteiger partial charge is 0.222 e. The molecule has 1 saturated heterocycles. The van der Waals surface area contributed by atoms with Crippen molar-refractivity contribution in [3.05, 3.63) is 28.2 Å². The molecule has 1 atom stereocenters. The van der Waals surface area contributed by atoms with Gasteiger partial charge in [-0.05, 0) is 32.1 Å². The number of hydrogen-bond donors (Lipinski definition) is 1. The summed E-state index contributed by atoms with van der Waals surface area (Å²) in [4.78, 5) is 13.9. The molecule has 1 amide bonds. The van der Waals surface area contributed by atoms with Gasteiger partial charge in [0, 0.05) is 25.5 Å². The molecule has 0 spiro atoms. The van der Waals surface area contributed by atoms with Crippen LogP contribution in [-0.4, -0.2) is 43.6 Å². The molecular formula is C15H20Cl2N2O2. The average molecular weight is 331 g/mol. The molecular weight excluding hydrogens is 311 g/mol. The van der Waals surface area contributed by atoms with E-state index >= 15 is 0 Å². The number of hydrogen-bond acceptors (Lipinski definition) is 3. The van der Waals surface area contributed by atoms with Crippen LogP contribution in [-0.2, 0) is 4.79 Å². The fourth-order valence-electron chi connectivity index (χ4n) is 2.37. The first-order valence-electron chi connectivity index (χ1n) is 7.14. The van der Waals surface area contributed by atoms with E-state index in [2.05, 4.69) is 5.32 Å². The van der Waals surface area contributed by atoms with Gasteiger partial charge in [-0.1, -0.05) is 23.2 Å². The highest BCUT2D eigenvalue weighted by molar-refractivity contribution is 6.42. The molecule has 0 aliphatic carbocycles. The van der Waals surface area contributed by atoms with Gasteiger partial charge in [0.25, 0.3) is 0 Å². The van der Waals surface area contributed by atoms with Crippen molar-refractivity contribution in [1.82, 2.24) is 10.2 Å². The van der Waals surface area contributed by atoms with Gasteiger partial charge < -0.3 is 15.0 Å². The number of nitrogens with one attached hydrogen (secondary N) is 1. The Morgan fingerprint density at radius 1 is 1.43 bits per heavy atom. The largest absolute Gasteiger partial charge is 0.488 e. The van der Waals surface area contributed by atoms with Gasteiger partial charge >= 0.3 is 0 Å². The standard InChI is InChI=1S/C15H20Cl2N2O2/c1-18-7-2-3-15(20)19-8-6-12(10-19)21-11-4-5-13(16)14(17)9-11/h4-5,9,12,18H,2-3,6-8,10H2,1H3. The molecule has 0 radical (unpaired) electrons. The number of amides is 1. The maximum absolute atomic E-state index is 12.0. The Labute approximate surface area is 135 Å². The monoisotopic (exact) mass is 330 g/mol. The summed E-state index contributed by atoms with van der Waals surface area (Å²) in [6, 6.07) is 5.22. The first kappa shape index (κ1) is 16.4. The zero-order valence-corrected chi connectivity index (χ0v) is 13.6. The molecule has 1 aliphatic rings. The normalized spacial score (nSPS) is 18.0. The van der Waals surface area contributed by atoms with Crippen LogP contribution in [0.4, 0.5) is 0 Å². The van der Waals surface area contributed by atoms with E-state index in [-0.39, 0.29) is 12.0 Å². The van der Waals surface area contributed by atoms with Crippen LogP contribution in [0.5, 0.6) is 5.75 Å². The Hall–Kier alpha value is -0.970. The molecule has 4 nitrogen and oxygen atoms in total. The highest BCUT2D eigenvalue weighted by Gasteiger charge is 2.27. The lowest BCUT2D eigenvalue weighted by molar-refractivity contribution is -0.130. The van der Waals surface area contributed by atoms with Crippen LogP contribution in [0.15, 0.2) is 18.2 Å². The second kappa shape index (κ2) is 7.87. The topological polar surface area (TPSA) is 41.6 Å². The molecule has 1 fully saturated rings. The molecule has 116 valence electrons. The summed E-state index contributed by atoms with van der Waals surface area (Å²) >= 11 is 11.8. The van der Waals surface area contributed by atoms with Crippen molar-refractivity contribution < 1.29 is 9.53 Å². The Bertz CT molecular complexity index is 497. The van der Waals surface area contributed by atoms with Crippen LogP contribution < -0.4 is 10.1 Å².